The van der Waals surface area contributed by atoms with Gasteiger partial charge < -0.3 is 20.8 Å². The predicted molar refractivity (Wildman–Crippen MR) is 136 cm³/mol. The fourth-order valence-corrected chi connectivity index (χ4v) is 6.11. The Bertz CT molecular complexity index is 1410. The number of pyridine rings is 1. The maximum atomic E-state index is 13.0. The molecule has 6 rings (SSSR count). The zero-order valence-corrected chi connectivity index (χ0v) is 21.3. The summed E-state index contributed by atoms with van der Waals surface area (Å²) in [5.41, 5.74) is 7.89. The van der Waals surface area contributed by atoms with Gasteiger partial charge in [0.2, 0.25) is 0 Å². The first-order valence-corrected chi connectivity index (χ1v) is 12.9. The molecule has 3 aliphatic rings. The van der Waals surface area contributed by atoms with Gasteiger partial charge in [0.15, 0.2) is 11.4 Å². The van der Waals surface area contributed by atoms with Crippen LogP contribution in [0.25, 0.3) is 16.8 Å². The van der Waals surface area contributed by atoms with Crippen LogP contribution in [0.4, 0.5) is 5.82 Å². The van der Waals surface area contributed by atoms with Gasteiger partial charge in [-0.05, 0) is 65.4 Å². The van der Waals surface area contributed by atoms with Gasteiger partial charge in [0.25, 0.3) is 5.91 Å². The number of nitrogen functional groups attached to an aromatic ring is 1. The number of amides is 1. The molecular formula is C27H32N6O4. The van der Waals surface area contributed by atoms with E-state index in [1.54, 1.807) is 32.3 Å². The Hall–Kier alpha value is -3.37. The third-order valence-corrected chi connectivity index (χ3v) is 8.24. The number of aliphatic hydroxyl groups is 2. The summed E-state index contributed by atoms with van der Waals surface area (Å²) in [5.74, 6) is -0.112. The maximum Gasteiger partial charge on any atom is 0.255 e. The maximum absolute atomic E-state index is 13.0. The average molecular weight is 505 g/mol. The Labute approximate surface area is 214 Å². The highest BCUT2D eigenvalue weighted by Gasteiger charge is 2.55. The minimum Gasteiger partial charge on any atom is -0.384 e. The zero-order chi connectivity index (χ0) is 26.3. The molecule has 5 heterocycles. The van der Waals surface area contributed by atoms with E-state index in [0.717, 1.165) is 24.0 Å². The molecule has 0 aromatic carbocycles. The Balaban J connectivity index is 1.40. The van der Waals surface area contributed by atoms with E-state index in [1.165, 1.54) is 11.4 Å². The first kappa shape index (κ1) is 24.0. The molecule has 1 amide bonds. The van der Waals surface area contributed by atoms with Gasteiger partial charge in [-0.2, -0.15) is 9.61 Å². The number of fused-ring (bicyclic) bond motifs is 3. The van der Waals surface area contributed by atoms with Gasteiger partial charge in [0.05, 0.1) is 23.1 Å². The summed E-state index contributed by atoms with van der Waals surface area (Å²) in [6, 6.07) is 3.66. The van der Waals surface area contributed by atoms with Gasteiger partial charge in [0.1, 0.15) is 17.0 Å². The quantitative estimate of drug-likeness (QED) is 0.449. The summed E-state index contributed by atoms with van der Waals surface area (Å²) in [7, 11) is 0. The number of carbonyl (C=O) groups excluding carboxylic acids is 2. The summed E-state index contributed by atoms with van der Waals surface area (Å²) in [5, 5.41) is 25.1. The number of aromatic nitrogens is 4. The lowest BCUT2D eigenvalue weighted by Gasteiger charge is -2.40. The Morgan fingerprint density at radius 3 is 2.35 bits per heavy atom. The molecule has 3 fully saturated rings. The minimum atomic E-state index is -1.18. The fourth-order valence-electron chi connectivity index (χ4n) is 6.11. The number of ketones is 1. The highest BCUT2D eigenvalue weighted by molar-refractivity contribution is 6.00. The highest BCUT2D eigenvalue weighted by atomic mass is 16.3. The number of Topliss-reactive ketones (excluding diaryl/α,β-unsaturated/α-hetero) is 1. The topological polar surface area (TPSA) is 147 Å². The van der Waals surface area contributed by atoms with Crippen molar-refractivity contribution in [2.24, 2.45) is 0 Å². The molecule has 1 saturated carbocycles. The molecule has 2 aliphatic heterocycles. The van der Waals surface area contributed by atoms with Gasteiger partial charge in [0, 0.05) is 35.3 Å². The second kappa shape index (κ2) is 8.06. The van der Waals surface area contributed by atoms with Crippen LogP contribution in [0.15, 0.2) is 24.5 Å². The molecule has 4 N–H and O–H groups in total. The minimum absolute atomic E-state index is 0.0166. The monoisotopic (exact) mass is 504 g/mol. The number of piperidine rings is 1. The van der Waals surface area contributed by atoms with Crippen LogP contribution >= 0.6 is 0 Å². The summed E-state index contributed by atoms with van der Waals surface area (Å²) >= 11 is 0. The second-order valence-corrected chi connectivity index (χ2v) is 11.4. The van der Waals surface area contributed by atoms with Crippen molar-refractivity contribution in [1.29, 1.82) is 0 Å². The van der Waals surface area contributed by atoms with Crippen LogP contribution in [0.1, 0.15) is 87.0 Å². The van der Waals surface area contributed by atoms with E-state index in [9.17, 15) is 19.8 Å². The molecule has 2 bridgehead atoms. The lowest BCUT2D eigenvalue weighted by molar-refractivity contribution is -0.147. The van der Waals surface area contributed by atoms with E-state index in [-0.39, 0.29) is 35.5 Å². The number of carbonyl (C=O) groups is 2. The van der Waals surface area contributed by atoms with Crippen molar-refractivity contribution in [2.75, 3.05) is 5.73 Å². The molecular weight excluding hydrogens is 472 g/mol. The van der Waals surface area contributed by atoms with Crippen LogP contribution in [-0.2, 0) is 10.4 Å². The van der Waals surface area contributed by atoms with Crippen molar-refractivity contribution < 1.29 is 19.8 Å². The van der Waals surface area contributed by atoms with E-state index in [2.05, 4.69) is 10.1 Å². The smallest absolute Gasteiger partial charge is 0.255 e. The van der Waals surface area contributed by atoms with E-state index in [0.29, 0.717) is 48.3 Å². The lowest BCUT2D eigenvalue weighted by atomic mass is 9.85. The SMILES string of the molecule is CC(=O)c1c([C@@H]2C[C@H]3CC[C@@H](C2)N3C(=O)C2(O)CC2)nc2c(-c3ccc(C(C)(C)O)nc3)cnn2c1N. The third kappa shape index (κ3) is 3.81. The molecule has 194 valence electrons. The van der Waals surface area contributed by atoms with Crippen LogP contribution in [0.2, 0.25) is 0 Å². The zero-order valence-electron chi connectivity index (χ0n) is 21.3. The molecule has 10 nitrogen and oxygen atoms in total. The largest absolute Gasteiger partial charge is 0.384 e. The molecule has 1 aliphatic carbocycles. The summed E-state index contributed by atoms with van der Waals surface area (Å²) < 4.78 is 1.50. The summed E-state index contributed by atoms with van der Waals surface area (Å²) in [6.07, 6.45) is 7.51. The van der Waals surface area contributed by atoms with Crippen molar-refractivity contribution in [3.63, 3.8) is 0 Å². The van der Waals surface area contributed by atoms with Gasteiger partial charge in [-0.25, -0.2) is 4.98 Å². The Morgan fingerprint density at radius 1 is 1.14 bits per heavy atom. The number of anilines is 1. The molecule has 3 atom stereocenters. The van der Waals surface area contributed by atoms with Gasteiger partial charge in [-0.1, -0.05) is 6.07 Å². The molecule has 0 spiro atoms. The van der Waals surface area contributed by atoms with Crippen molar-refractivity contribution in [1.82, 2.24) is 24.5 Å². The number of rotatable bonds is 5. The average Bonchev–Trinajstić information content (AvgIpc) is 3.36. The van der Waals surface area contributed by atoms with E-state index in [1.807, 2.05) is 11.0 Å². The van der Waals surface area contributed by atoms with Crippen molar-refractivity contribution in [3.05, 3.63) is 41.5 Å². The van der Waals surface area contributed by atoms with Gasteiger partial charge in [-0.3, -0.25) is 14.6 Å². The van der Waals surface area contributed by atoms with Gasteiger partial charge >= 0.3 is 0 Å². The number of hydrogen-bond acceptors (Lipinski definition) is 8. The molecule has 2 saturated heterocycles. The van der Waals surface area contributed by atoms with Crippen LogP contribution in [0.5, 0.6) is 0 Å². The molecule has 3 aromatic heterocycles. The van der Waals surface area contributed by atoms with Crippen molar-refractivity contribution in [2.45, 2.75) is 88.5 Å². The highest BCUT2D eigenvalue weighted by Crippen LogP contribution is 2.48. The lowest BCUT2D eigenvalue weighted by Crippen LogP contribution is -2.51. The van der Waals surface area contributed by atoms with Crippen LogP contribution < -0.4 is 5.73 Å². The van der Waals surface area contributed by atoms with Crippen molar-refractivity contribution in [3.8, 4) is 11.1 Å². The van der Waals surface area contributed by atoms with E-state index < -0.39 is 11.2 Å². The second-order valence-electron chi connectivity index (χ2n) is 11.4. The predicted octanol–water partition coefficient (Wildman–Crippen LogP) is 2.57. The first-order chi connectivity index (χ1) is 17.5. The fraction of sp³-hybridized carbons (Fsp3) is 0.519. The standard InChI is InChI=1S/C27H32N6O4/c1-14(34)21-22(16-10-17-5-6-18(11-16)32(17)25(35)27(37)8-9-27)31-24-19(13-30-33(24)23(21)28)15-4-7-20(29-12-15)26(2,3)36/h4,7,12-13,16-18,36-37H,5-6,8-11,28H2,1-3H3/t16-,17-,18+. The first-order valence-electron chi connectivity index (χ1n) is 12.9. The van der Waals surface area contributed by atoms with E-state index >= 15 is 0 Å². The molecule has 0 unspecified atom stereocenters. The number of hydrogen-bond donors (Lipinski definition) is 3. The van der Waals surface area contributed by atoms with Crippen LogP contribution in [-0.4, -0.2) is 64.1 Å². The molecule has 3 aromatic rings. The summed E-state index contributed by atoms with van der Waals surface area (Å²) in [6.45, 7) is 4.85. The Kier molecular flexibility index (Phi) is 5.23. The number of nitrogens with zero attached hydrogens (tertiary/aromatic N) is 5. The Morgan fingerprint density at radius 2 is 1.81 bits per heavy atom. The summed E-state index contributed by atoms with van der Waals surface area (Å²) in [4.78, 5) is 37.1. The molecule has 37 heavy (non-hydrogen) atoms. The van der Waals surface area contributed by atoms with Crippen molar-refractivity contribution >= 4 is 23.2 Å². The van der Waals surface area contributed by atoms with Crippen LogP contribution in [0.3, 0.4) is 0 Å². The molecule has 0 radical (unpaired) electrons. The third-order valence-electron chi connectivity index (χ3n) is 8.24. The van der Waals surface area contributed by atoms with E-state index in [4.69, 9.17) is 10.7 Å². The normalized spacial score (nSPS) is 24.5. The number of nitrogens with two attached hydrogens (primary N) is 1. The van der Waals surface area contributed by atoms with Gasteiger partial charge in [-0.15, -0.1) is 0 Å². The molecule has 10 heteroatoms. The van der Waals surface area contributed by atoms with Crippen LogP contribution in [0, 0.1) is 0 Å².